The first kappa shape index (κ1) is 9.33. The zero-order valence-corrected chi connectivity index (χ0v) is 9.15. The van der Waals surface area contributed by atoms with Crippen molar-refractivity contribution in [2.75, 3.05) is 19.8 Å². The Bertz CT molecular complexity index is 217. The summed E-state index contributed by atoms with van der Waals surface area (Å²) in [4.78, 5) is 0. The molecular formula is C10H15O3Si. The van der Waals surface area contributed by atoms with Crippen molar-refractivity contribution in [1.29, 1.82) is 0 Å². The molecule has 3 nitrogen and oxygen atoms in total. The average molecular weight is 211 g/mol. The second-order valence-electron chi connectivity index (χ2n) is 4.54. The van der Waals surface area contributed by atoms with Gasteiger partial charge in [0, 0.05) is 16.2 Å². The van der Waals surface area contributed by atoms with E-state index in [0.717, 1.165) is 32.7 Å². The summed E-state index contributed by atoms with van der Waals surface area (Å²) < 4.78 is 16.5. The molecule has 3 aliphatic heterocycles. The Kier molecular flexibility index (Phi) is 2.39. The lowest BCUT2D eigenvalue weighted by Crippen LogP contribution is -2.25. The highest BCUT2D eigenvalue weighted by atomic mass is 28.1. The molecule has 0 aromatic heterocycles. The molecule has 3 saturated heterocycles. The maximum absolute atomic E-state index is 5.81. The molecule has 5 unspecified atom stereocenters. The van der Waals surface area contributed by atoms with Gasteiger partial charge < -0.3 is 14.2 Å². The molecule has 3 radical (unpaired) electrons. The van der Waals surface area contributed by atoms with E-state index in [1.807, 2.05) is 0 Å². The molecule has 0 spiro atoms. The Hall–Kier alpha value is 0.0969. The molecule has 3 aliphatic rings. The smallest absolute Gasteiger partial charge is 0.104 e. The zero-order valence-electron chi connectivity index (χ0n) is 8.15. The van der Waals surface area contributed by atoms with Crippen molar-refractivity contribution in [2.24, 2.45) is 5.92 Å². The Labute approximate surface area is 87.5 Å². The highest BCUT2D eigenvalue weighted by Gasteiger charge is 2.45. The summed E-state index contributed by atoms with van der Waals surface area (Å²) in [5.41, 5.74) is 0.572. The largest absolute Gasteiger partial charge is 0.378 e. The minimum absolute atomic E-state index is 0.387. The van der Waals surface area contributed by atoms with Gasteiger partial charge in [0.1, 0.15) is 6.10 Å². The zero-order chi connectivity index (χ0) is 9.54. The van der Waals surface area contributed by atoms with Crippen LogP contribution in [0.5, 0.6) is 0 Å². The lowest BCUT2D eigenvalue weighted by Gasteiger charge is -2.21. The second kappa shape index (κ2) is 3.59. The molecule has 14 heavy (non-hydrogen) atoms. The van der Waals surface area contributed by atoms with E-state index < -0.39 is 0 Å². The van der Waals surface area contributed by atoms with Crippen LogP contribution in [0.15, 0.2) is 0 Å². The molecule has 3 heterocycles. The summed E-state index contributed by atoms with van der Waals surface area (Å²) in [5, 5.41) is 0. The van der Waals surface area contributed by atoms with Crippen LogP contribution in [0.4, 0.5) is 0 Å². The number of fused-ring (bicyclic) bond motifs is 2. The number of hydrogen-bond donors (Lipinski definition) is 0. The SMILES string of the molecule is [Si]C1CC2OC1CC2COCC1CO1. The van der Waals surface area contributed by atoms with Crippen LogP contribution >= 0.6 is 0 Å². The van der Waals surface area contributed by atoms with Crippen molar-refractivity contribution >= 4 is 10.2 Å². The summed E-state index contributed by atoms with van der Waals surface area (Å²) in [6, 6.07) is 0. The van der Waals surface area contributed by atoms with Crippen LogP contribution < -0.4 is 0 Å². The van der Waals surface area contributed by atoms with Gasteiger partial charge in [0.2, 0.25) is 0 Å². The number of hydrogen-bond acceptors (Lipinski definition) is 3. The van der Waals surface area contributed by atoms with E-state index in [0.29, 0.717) is 29.8 Å². The monoisotopic (exact) mass is 211 g/mol. The van der Waals surface area contributed by atoms with Crippen LogP contribution in [-0.2, 0) is 14.2 Å². The minimum atomic E-state index is 0.387. The van der Waals surface area contributed by atoms with E-state index in [1.54, 1.807) is 0 Å². The second-order valence-corrected chi connectivity index (χ2v) is 5.29. The lowest BCUT2D eigenvalue weighted by molar-refractivity contribution is 0.0460. The first-order chi connectivity index (χ1) is 6.83. The predicted octanol–water partition coefficient (Wildman–Crippen LogP) is 0.536. The third-order valence-corrected chi connectivity index (χ3v) is 3.99. The van der Waals surface area contributed by atoms with Crippen LogP contribution in [0, 0.1) is 5.92 Å². The van der Waals surface area contributed by atoms with Gasteiger partial charge in [0.25, 0.3) is 0 Å². The van der Waals surface area contributed by atoms with Crippen molar-refractivity contribution in [3.05, 3.63) is 0 Å². The van der Waals surface area contributed by atoms with Crippen molar-refractivity contribution in [3.63, 3.8) is 0 Å². The average Bonchev–Trinajstić information content (AvgIpc) is 2.80. The first-order valence-corrected chi connectivity index (χ1v) is 5.96. The molecule has 0 amide bonds. The van der Waals surface area contributed by atoms with Crippen LogP contribution in [0.25, 0.3) is 0 Å². The summed E-state index contributed by atoms with van der Waals surface area (Å²) in [6.07, 6.45) is 3.56. The van der Waals surface area contributed by atoms with Crippen LogP contribution in [0.2, 0.25) is 5.54 Å². The summed E-state index contributed by atoms with van der Waals surface area (Å²) in [6.45, 7) is 2.50. The van der Waals surface area contributed by atoms with Crippen LogP contribution in [0.3, 0.4) is 0 Å². The summed E-state index contributed by atoms with van der Waals surface area (Å²) in [7, 11) is 3.69. The predicted molar refractivity (Wildman–Crippen MR) is 51.4 cm³/mol. The molecule has 2 bridgehead atoms. The first-order valence-electron chi connectivity index (χ1n) is 5.39. The third kappa shape index (κ3) is 1.76. The molecule has 3 fully saturated rings. The maximum atomic E-state index is 5.81. The van der Waals surface area contributed by atoms with Crippen molar-refractivity contribution in [2.45, 2.75) is 36.7 Å². The van der Waals surface area contributed by atoms with Gasteiger partial charge in [-0.2, -0.15) is 0 Å². The van der Waals surface area contributed by atoms with Crippen LogP contribution in [0.1, 0.15) is 12.8 Å². The van der Waals surface area contributed by atoms with E-state index in [1.165, 1.54) is 0 Å². The van der Waals surface area contributed by atoms with Crippen molar-refractivity contribution in [1.82, 2.24) is 0 Å². The van der Waals surface area contributed by atoms with Gasteiger partial charge in [-0.15, -0.1) is 0 Å². The Morgan fingerprint density at radius 1 is 1.21 bits per heavy atom. The fourth-order valence-corrected chi connectivity index (χ4v) is 2.89. The van der Waals surface area contributed by atoms with Gasteiger partial charge in [-0.3, -0.25) is 0 Å². The van der Waals surface area contributed by atoms with Gasteiger partial charge in [-0.25, -0.2) is 0 Å². The quantitative estimate of drug-likeness (QED) is 0.502. The fraction of sp³-hybridized carbons (Fsp3) is 1.00. The molecular weight excluding hydrogens is 196 g/mol. The third-order valence-electron chi connectivity index (χ3n) is 3.38. The Morgan fingerprint density at radius 3 is 2.64 bits per heavy atom. The molecule has 0 aromatic carbocycles. The van der Waals surface area contributed by atoms with E-state index in [2.05, 4.69) is 10.2 Å². The molecule has 3 rings (SSSR count). The number of rotatable bonds is 4. The molecule has 0 aliphatic carbocycles. The van der Waals surface area contributed by atoms with Gasteiger partial charge in [-0.1, -0.05) is 0 Å². The summed E-state index contributed by atoms with van der Waals surface area (Å²) >= 11 is 0. The van der Waals surface area contributed by atoms with E-state index in [-0.39, 0.29) is 0 Å². The normalized spacial score (nSPS) is 49.9. The van der Waals surface area contributed by atoms with Crippen LogP contribution in [-0.4, -0.2) is 48.4 Å². The highest BCUT2D eigenvalue weighted by Crippen LogP contribution is 2.44. The molecule has 0 aromatic rings. The van der Waals surface area contributed by atoms with Crippen molar-refractivity contribution < 1.29 is 14.2 Å². The van der Waals surface area contributed by atoms with E-state index >= 15 is 0 Å². The Balaban J connectivity index is 1.42. The standard InChI is InChI=1S/C10H15O3Si/c14-10-2-8-6(1-9(10)13-8)3-11-4-7-5-12-7/h6-10H,1-5H2. The molecule has 0 N–H and O–H groups in total. The Morgan fingerprint density at radius 2 is 2.07 bits per heavy atom. The number of epoxide rings is 1. The van der Waals surface area contributed by atoms with Gasteiger partial charge in [0.15, 0.2) is 0 Å². The van der Waals surface area contributed by atoms with E-state index in [4.69, 9.17) is 14.2 Å². The maximum Gasteiger partial charge on any atom is 0.104 e. The van der Waals surface area contributed by atoms with Gasteiger partial charge in [-0.05, 0) is 18.4 Å². The molecule has 4 heteroatoms. The van der Waals surface area contributed by atoms with Gasteiger partial charge in [0.05, 0.1) is 32.0 Å². The molecule has 0 saturated carbocycles. The summed E-state index contributed by atoms with van der Waals surface area (Å²) in [5.74, 6) is 0.617. The van der Waals surface area contributed by atoms with Crippen molar-refractivity contribution in [3.8, 4) is 0 Å². The topological polar surface area (TPSA) is 31.0 Å². The fourth-order valence-electron chi connectivity index (χ4n) is 2.44. The number of ether oxygens (including phenoxy) is 3. The van der Waals surface area contributed by atoms with Gasteiger partial charge >= 0.3 is 0 Å². The highest BCUT2D eigenvalue weighted by molar-refractivity contribution is 6.12. The van der Waals surface area contributed by atoms with E-state index in [9.17, 15) is 0 Å². The molecule has 77 valence electrons. The molecule has 5 atom stereocenters. The minimum Gasteiger partial charge on any atom is -0.378 e. The lowest BCUT2D eigenvalue weighted by atomic mass is 9.89.